The number of H-pyrrole nitrogens is 1. The number of nitrogens with one attached hydrogen (secondary N) is 1. The minimum absolute atomic E-state index is 0.143. The molecule has 1 atom stereocenters. The van der Waals surface area contributed by atoms with Gasteiger partial charge in [-0.1, -0.05) is 30.3 Å². The van der Waals surface area contributed by atoms with Crippen molar-refractivity contribution < 1.29 is 4.79 Å². The highest BCUT2D eigenvalue weighted by Crippen LogP contribution is 2.38. The molecular weight excluding hydrogens is 358 g/mol. The zero-order valence-corrected chi connectivity index (χ0v) is 16.9. The summed E-state index contributed by atoms with van der Waals surface area (Å²) in [4.78, 5) is 19.7. The van der Waals surface area contributed by atoms with Gasteiger partial charge in [0.1, 0.15) is 0 Å². The average Bonchev–Trinajstić information content (AvgIpc) is 3.37. The van der Waals surface area contributed by atoms with Gasteiger partial charge in [-0.3, -0.25) is 9.69 Å². The van der Waals surface area contributed by atoms with Crippen molar-refractivity contribution in [1.29, 1.82) is 0 Å². The molecule has 29 heavy (non-hydrogen) atoms. The third-order valence-corrected chi connectivity index (χ3v) is 6.46. The molecular formula is C25H27N3O. The summed E-state index contributed by atoms with van der Waals surface area (Å²) in [5.74, 6) is 0.585. The van der Waals surface area contributed by atoms with Crippen LogP contribution in [0.1, 0.15) is 36.8 Å². The van der Waals surface area contributed by atoms with Gasteiger partial charge in [-0.2, -0.15) is 0 Å². The summed E-state index contributed by atoms with van der Waals surface area (Å²) in [5.41, 5.74) is 6.43. The molecule has 0 unspecified atom stereocenters. The Morgan fingerprint density at radius 1 is 1.17 bits per heavy atom. The Balaban J connectivity index is 1.23. The molecule has 0 radical (unpaired) electrons. The van der Waals surface area contributed by atoms with Gasteiger partial charge in [0.05, 0.1) is 0 Å². The second kappa shape index (κ2) is 7.53. The Morgan fingerprint density at radius 3 is 2.90 bits per heavy atom. The highest BCUT2D eigenvalue weighted by Gasteiger charge is 2.30. The number of hydrogen-bond donors (Lipinski definition) is 1. The van der Waals surface area contributed by atoms with E-state index in [4.69, 9.17) is 0 Å². The van der Waals surface area contributed by atoms with Gasteiger partial charge in [0.15, 0.2) is 0 Å². The molecule has 2 aliphatic heterocycles. The number of amides is 1. The number of carbonyl (C=O) groups excluding carboxylic acids is 1. The van der Waals surface area contributed by atoms with Crippen LogP contribution in [0.15, 0.2) is 60.8 Å². The molecule has 1 N–H and O–H groups in total. The number of carbonyl (C=O) groups is 1. The highest BCUT2D eigenvalue weighted by atomic mass is 16.2. The summed E-state index contributed by atoms with van der Waals surface area (Å²) in [5, 5.41) is 1.28. The van der Waals surface area contributed by atoms with E-state index in [0.717, 1.165) is 44.7 Å². The van der Waals surface area contributed by atoms with Crippen molar-refractivity contribution in [2.45, 2.75) is 25.7 Å². The molecule has 3 aromatic rings. The van der Waals surface area contributed by atoms with Gasteiger partial charge in [0.2, 0.25) is 5.91 Å². The molecule has 2 aliphatic rings. The number of aromatic nitrogens is 1. The molecule has 3 heterocycles. The van der Waals surface area contributed by atoms with Crippen molar-refractivity contribution in [2.24, 2.45) is 0 Å². The molecule has 0 fully saturated rings. The van der Waals surface area contributed by atoms with Crippen LogP contribution in [0, 0.1) is 0 Å². The minimum Gasteiger partial charge on any atom is -0.361 e. The van der Waals surface area contributed by atoms with Crippen molar-refractivity contribution in [1.82, 2.24) is 9.88 Å². The predicted octanol–water partition coefficient (Wildman–Crippen LogP) is 4.80. The molecule has 1 amide bonds. The topological polar surface area (TPSA) is 39.3 Å². The third kappa shape index (κ3) is 3.49. The van der Waals surface area contributed by atoms with Crippen molar-refractivity contribution in [3.63, 3.8) is 0 Å². The fourth-order valence-corrected chi connectivity index (χ4v) is 4.81. The molecule has 148 valence electrons. The number of benzene rings is 2. The van der Waals surface area contributed by atoms with Gasteiger partial charge >= 0.3 is 0 Å². The first-order chi connectivity index (χ1) is 14.2. The lowest BCUT2D eigenvalue weighted by molar-refractivity contribution is -0.116. The van der Waals surface area contributed by atoms with Crippen LogP contribution in [0.25, 0.3) is 16.5 Å². The van der Waals surface area contributed by atoms with Gasteiger partial charge in [0, 0.05) is 49.9 Å². The van der Waals surface area contributed by atoms with Crippen LogP contribution in [0.3, 0.4) is 0 Å². The standard InChI is InChI=1S/C25H27N3O/c1-18(29)28-17-22(23-4-2-3-5-25(23)28)11-15-27-13-9-19(10-14-27)20-6-7-24-21(16-20)8-12-26-24/h2-9,12,16,22,26H,10-11,13-15,17H2,1H3/t22-/m1/s1. The Bertz CT molecular complexity index is 1080. The van der Waals surface area contributed by atoms with Crippen LogP contribution in [0.5, 0.6) is 0 Å². The summed E-state index contributed by atoms with van der Waals surface area (Å²) in [6.45, 7) is 5.67. The Labute approximate surface area is 171 Å². The van der Waals surface area contributed by atoms with Crippen molar-refractivity contribution in [3.8, 4) is 0 Å². The summed E-state index contributed by atoms with van der Waals surface area (Å²) in [6.07, 6.45) is 6.58. The molecule has 1 aromatic heterocycles. The summed E-state index contributed by atoms with van der Waals surface area (Å²) in [6, 6.07) is 17.2. The van der Waals surface area contributed by atoms with E-state index in [-0.39, 0.29) is 5.91 Å². The molecule has 0 bridgehead atoms. The zero-order chi connectivity index (χ0) is 19.8. The fourth-order valence-electron chi connectivity index (χ4n) is 4.81. The van der Waals surface area contributed by atoms with Crippen LogP contribution in [0.4, 0.5) is 5.69 Å². The maximum absolute atomic E-state index is 12.0. The van der Waals surface area contributed by atoms with Crippen LogP contribution < -0.4 is 4.90 Å². The van der Waals surface area contributed by atoms with Crippen LogP contribution >= 0.6 is 0 Å². The smallest absolute Gasteiger partial charge is 0.223 e. The Hall–Kier alpha value is -2.85. The number of rotatable bonds is 4. The quantitative estimate of drug-likeness (QED) is 0.701. The van der Waals surface area contributed by atoms with Gasteiger partial charge in [-0.25, -0.2) is 0 Å². The molecule has 0 spiro atoms. The lowest BCUT2D eigenvalue weighted by atomic mass is 9.96. The molecule has 0 saturated carbocycles. The Morgan fingerprint density at radius 2 is 2.07 bits per heavy atom. The van der Waals surface area contributed by atoms with Gasteiger partial charge in [-0.05, 0) is 65.7 Å². The number of nitrogens with zero attached hydrogens (tertiary/aromatic N) is 2. The maximum atomic E-state index is 12.0. The van der Waals surface area contributed by atoms with Crippen LogP contribution in [0.2, 0.25) is 0 Å². The minimum atomic E-state index is 0.143. The summed E-state index contributed by atoms with van der Waals surface area (Å²) < 4.78 is 0. The molecule has 4 heteroatoms. The second-order valence-electron chi connectivity index (χ2n) is 8.23. The molecule has 2 aromatic carbocycles. The molecule has 0 saturated heterocycles. The third-order valence-electron chi connectivity index (χ3n) is 6.46. The molecule has 5 rings (SSSR count). The van der Waals surface area contributed by atoms with Gasteiger partial charge in [-0.15, -0.1) is 0 Å². The van der Waals surface area contributed by atoms with E-state index in [1.165, 1.54) is 27.6 Å². The van der Waals surface area contributed by atoms with Crippen molar-refractivity contribution in [3.05, 3.63) is 71.9 Å². The van der Waals surface area contributed by atoms with E-state index >= 15 is 0 Å². The van der Waals surface area contributed by atoms with Gasteiger partial charge in [0.25, 0.3) is 0 Å². The first-order valence-corrected chi connectivity index (χ1v) is 10.5. The van der Waals surface area contributed by atoms with E-state index in [1.807, 2.05) is 17.2 Å². The van der Waals surface area contributed by atoms with Crippen LogP contribution in [-0.4, -0.2) is 42.0 Å². The van der Waals surface area contributed by atoms with Gasteiger partial charge < -0.3 is 9.88 Å². The second-order valence-corrected chi connectivity index (χ2v) is 8.23. The number of anilines is 1. The highest BCUT2D eigenvalue weighted by molar-refractivity contribution is 5.94. The van der Waals surface area contributed by atoms with E-state index in [0.29, 0.717) is 5.92 Å². The van der Waals surface area contributed by atoms with Crippen molar-refractivity contribution in [2.75, 3.05) is 31.1 Å². The molecule has 0 aliphatic carbocycles. The van der Waals surface area contributed by atoms with E-state index in [9.17, 15) is 4.79 Å². The number of fused-ring (bicyclic) bond motifs is 2. The van der Waals surface area contributed by atoms with Crippen LogP contribution in [-0.2, 0) is 4.79 Å². The van der Waals surface area contributed by atoms with E-state index < -0.39 is 0 Å². The summed E-state index contributed by atoms with van der Waals surface area (Å²) >= 11 is 0. The average molecular weight is 386 g/mol. The predicted molar refractivity (Wildman–Crippen MR) is 119 cm³/mol. The lowest BCUT2D eigenvalue weighted by Gasteiger charge is -2.27. The number of para-hydroxylation sites is 1. The lowest BCUT2D eigenvalue weighted by Crippen LogP contribution is -2.31. The largest absolute Gasteiger partial charge is 0.361 e. The number of hydrogen-bond acceptors (Lipinski definition) is 2. The van der Waals surface area contributed by atoms with E-state index in [1.54, 1.807) is 6.92 Å². The first kappa shape index (κ1) is 18.2. The van der Waals surface area contributed by atoms with E-state index in [2.05, 4.69) is 58.4 Å². The fraction of sp³-hybridized carbons (Fsp3) is 0.320. The maximum Gasteiger partial charge on any atom is 0.223 e. The Kier molecular flexibility index (Phi) is 4.72. The summed E-state index contributed by atoms with van der Waals surface area (Å²) in [7, 11) is 0. The first-order valence-electron chi connectivity index (χ1n) is 10.5. The number of aromatic amines is 1. The zero-order valence-electron chi connectivity index (χ0n) is 16.9. The molecule has 4 nitrogen and oxygen atoms in total. The normalized spacial score (nSPS) is 19.4. The SMILES string of the molecule is CC(=O)N1C[C@@H](CCN2CC=C(c3ccc4[nH]ccc4c3)CC2)c2ccccc21. The van der Waals surface area contributed by atoms with Crippen molar-refractivity contribution >= 4 is 28.1 Å². The monoisotopic (exact) mass is 385 g/mol.